The molecule has 0 spiro atoms. The second kappa shape index (κ2) is 10.9. The Hall–Kier alpha value is -3.74. The Morgan fingerprint density at radius 1 is 0.903 bits per heavy atom. The Morgan fingerprint density at radius 2 is 1.55 bits per heavy atom. The first kappa shape index (κ1) is 22.0. The summed E-state index contributed by atoms with van der Waals surface area (Å²) in [6.45, 7) is 2.69. The molecule has 0 aromatic heterocycles. The Kier molecular flexibility index (Phi) is 7.70. The average molecular weight is 423 g/mol. The first-order chi connectivity index (χ1) is 15.1. The van der Waals surface area contributed by atoms with Gasteiger partial charge in [0.05, 0.1) is 20.3 Å². The number of carbonyl (C=O) groups excluding carboxylic acids is 2. The summed E-state index contributed by atoms with van der Waals surface area (Å²) in [6, 6.07) is 18.3. The van der Waals surface area contributed by atoms with Gasteiger partial charge in [0.15, 0.2) is 6.61 Å². The molecule has 1 amide bonds. The first-order valence-corrected chi connectivity index (χ1v) is 9.97. The van der Waals surface area contributed by atoms with E-state index < -0.39 is 18.5 Å². The molecule has 3 rings (SSSR count). The van der Waals surface area contributed by atoms with Gasteiger partial charge in [-0.15, -0.1) is 0 Å². The lowest BCUT2D eigenvalue weighted by atomic mass is 10.1. The highest BCUT2D eigenvalue weighted by Crippen LogP contribution is 2.26. The smallest absolute Gasteiger partial charge is 0.342 e. The standard InChI is InChI=1S/C24H25NO6/c1-3-29-19-8-10-20(11-9-19)30-13-12-25-23(26)16-31-24(27)21-14-17-6-4-5-7-18(17)15-22(21)28-2/h4-11,14-15H,3,12-13,16H2,1-2H3,(H,25,26). The Bertz CT molecular complexity index is 1030. The number of ether oxygens (including phenoxy) is 4. The quantitative estimate of drug-likeness (QED) is 0.396. The number of rotatable bonds is 10. The Balaban J connectivity index is 1.44. The maximum Gasteiger partial charge on any atom is 0.342 e. The maximum absolute atomic E-state index is 12.4. The van der Waals surface area contributed by atoms with Crippen molar-refractivity contribution in [2.45, 2.75) is 6.92 Å². The summed E-state index contributed by atoms with van der Waals surface area (Å²) in [5.41, 5.74) is 0.271. The zero-order chi connectivity index (χ0) is 22.1. The molecule has 7 heteroatoms. The van der Waals surface area contributed by atoms with Gasteiger partial charge in [-0.2, -0.15) is 0 Å². The van der Waals surface area contributed by atoms with Crippen LogP contribution in [-0.2, 0) is 9.53 Å². The van der Waals surface area contributed by atoms with Crippen molar-refractivity contribution in [2.75, 3.05) is 33.5 Å². The lowest BCUT2D eigenvalue weighted by molar-refractivity contribution is -0.124. The molecule has 1 N–H and O–H groups in total. The predicted octanol–water partition coefficient (Wildman–Crippen LogP) is 3.60. The Labute approximate surface area is 180 Å². The van der Waals surface area contributed by atoms with Gasteiger partial charge in [0.2, 0.25) is 0 Å². The van der Waals surface area contributed by atoms with Crippen LogP contribution in [-0.4, -0.2) is 45.4 Å². The third kappa shape index (κ3) is 6.12. The van der Waals surface area contributed by atoms with Crippen molar-refractivity contribution in [3.05, 3.63) is 66.2 Å². The van der Waals surface area contributed by atoms with E-state index >= 15 is 0 Å². The average Bonchev–Trinajstić information content (AvgIpc) is 2.80. The number of fused-ring (bicyclic) bond motifs is 1. The summed E-state index contributed by atoms with van der Waals surface area (Å²) in [7, 11) is 1.48. The number of carbonyl (C=O) groups is 2. The molecule has 0 bridgehead atoms. The predicted molar refractivity (Wildman–Crippen MR) is 117 cm³/mol. The molecule has 162 valence electrons. The zero-order valence-electron chi connectivity index (χ0n) is 17.6. The molecule has 0 radical (unpaired) electrons. The van der Waals surface area contributed by atoms with Crippen molar-refractivity contribution >= 4 is 22.6 Å². The van der Waals surface area contributed by atoms with Crippen molar-refractivity contribution in [2.24, 2.45) is 0 Å². The van der Waals surface area contributed by atoms with Gasteiger partial charge in [-0.25, -0.2) is 4.79 Å². The Morgan fingerprint density at radius 3 is 2.19 bits per heavy atom. The van der Waals surface area contributed by atoms with Gasteiger partial charge in [0.25, 0.3) is 5.91 Å². The van der Waals surface area contributed by atoms with Gasteiger partial charge >= 0.3 is 5.97 Å². The highest BCUT2D eigenvalue weighted by atomic mass is 16.5. The number of nitrogens with one attached hydrogen (secondary N) is 1. The molecule has 0 unspecified atom stereocenters. The molecule has 7 nitrogen and oxygen atoms in total. The SMILES string of the molecule is CCOc1ccc(OCCNC(=O)COC(=O)c2cc3ccccc3cc2OC)cc1. The molecule has 3 aromatic carbocycles. The molecule has 0 aliphatic heterocycles. The van der Waals surface area contributed by atoms with Crippen LogP contribution in [0, 0.1) is 0 Å². The number of amides is 1. The van der Waals surface area contributed by atoms with Crippen molar-refractivity contribution in [1.82, 2.24) is 5.32 Å². The molecule has 0 saturated heterocycles. The summed E-state index contributed by atoms with van der Waals surface area (Å²) in [4.78, 5) is 24.4. The van der Waals surface area contributed by atoms with E-state index in [2.05, 4.69) is 5.32 Å². The van der Waals surface area contributed by atoms with Gasteiger partial charge in [-0.05, 0) is 54.1 Å². The van der Waals surface area contributed by atoms with Crippen molar-refractivity contribution in [3.8, 4) is 17.2 Å². The lowest BCUT2D eigenvalue weighted by Crippen LogP contribution is -2.32. The van der Waals surface area contributed by atoms with Crippen LogP contribution in [0.1, 0.15) is 17.3 Å². The van der Waals surface area contributed by atoms with Crippen molar-refractivity contribution < 1.29 is 28.5 Å². The van der Waals surface area contributed by atoms with Gasteiger partial charge in [0.1, 0.15) is 29.4 Å². The minimum atomic E-state index is -0.622. The third-order valence-electron chi connectivity index (χ3n) is 4.45. The fourth-order valence-corrected chi connectivity index (χ4v) is 2.97. The van der Waals surface area contributed by atoms with E-state index in [1.807, 2.05) is 43.3 Å². The van der Waals surface area contributed by atoms with Crippen LogP contribution in [0.2, 0.25) is 0 Å². The lowest BCUT2D eigenvalue weighted by Gasteiger charge is -2.11. The number of methoxy groups -OCH3 is 1. The molecule has 0 saturated carbocycles. The number of benzene rings is 3. The summed E-state index contributed by atoms with van der Waals surface area (Å²) in [5, 5.41) is 4.48. The van der Waals surface area contributed by atoms with E-state index in [0.29, 0.717) is 18.1 Å². The van der Waals surface area contributed by atoms with Crippen molar-refractivity contribution in [3.63, 3.8) is 0 Å². The van der Waals surface area contributed by atoms with Crippen LogP contribution in [0.3, 0.4) is 0 Å². The molecule has 0 heterocycles. The van der Waals surface area contributed by atoms with Crippen LogP contribution in [0.4, 0.5) is 0 Å². The highest BCUT2D eigenvalue weighted by molar-refractivity contribution is 5.99. The monoisotopic (exact) mass is 423 g/mol. The summed E-state index contributed by atoms with van der Waals surface area (Å²) >= 11 is 0. The summed E-state index contributed by atoms with van der Waals surface area (Å²) in [5.74, 6) is 0.806. The minimum absolute atomic E-state index is 0.271. The minimum Gasteiger partial charge on any atom is -0.496 e. The van der Waals surface area contributed by atoms with E-state index in [-0.39, 0.29) is 18.7 Å². The molecule has 31 heavy (non-hydrogen) atoms. The van der Waals surface area contributed by atoms with Crippen LogP contribution in [0.25, 0.3) is 10.8 Å². The number of hydrogen-bond acceptors (Lipinski definition) is 6. The van der Waals surface area contributed by atoms with Crippen LogP contribution >= 0.6 is 0 Å². The molecule has 3 aromatic rings. The van der Waals surface area contributed by atoms with E-state index in [0.717, 1.165) is 16.5 Å². The highest BCUT2D eigenvalue weighted by Gasteiger charge is 2.16. The molecule has 0 aliphatic rings. The van der Waals surface area contributed by atoms with Crippen LogP contribution in [0.15, 0.2) is 60.7 Å². The van der Waals surface area contributed by atoms with Gasteiger partial charge in [0, 0.05) is 0 Å². The van der Waals surface area contributed by atoms with Crippen LogP contribution < -0.4 is 19.5 Å². The van der Waals surface area contributed by atoms with Gasteiger partial charge in [-0.3, -0.25) is 4.79 Å². The van der Waals surface area contributed by atoms with E-state index in [4.69, 9.17) is 18.9 Å². The molecular formula is C24H25NO6. The number of hydrogen-bond donors (Lipinski definition) is 1. The maximum atomic E-state index is 12.4. The van der Waals surface area contributed by atoms with Gasteiger partial charge in [-0.1, -0.05) is 24.3 Å². The largest absolute Gasteiger partial charge is 0.496 e. The molecule has 0 atom stereocenters. The summed E-state index contributed by atoms with van der Waals surface area (Å²) < 4.78 is 21.4. The van der Waals surface area contributed by atoms with E-state index in [1.165, 1.54) is 7.11 Å². The first-order valence-electron chi connectivity index (χ1n) is 9.97. The van der Waals surface area contributed by atoms with Gasteiger partial charge < -0.3 is 24.3 Å². The molecule has 0 fully saturated rings. The fourth-order valence-electron chi connectivity index (χ4n) is 2.97. The summed E-state index contributed by atoms with van der Waals surface area (Å²) in [6.07, 6.45) is 0. The second-order valence-corrected chi connectivity index (χ2v) is 6.58. The topological polar surface area (TPSA) is 83.1 Å². The van der Waals surface area contributed by atoms with E-state index in [1.54, 1.807) is 24.3 Å². The second-order valence-electron chi connectivity index (χ2n) is 6.58. The van der Waals surface area contributed by atoms with Crippen LogP contribution in [0.5, 0.6) is 17.2 Å². The normalized spacial score (nSPS) is 10.4. The third-order valence-corrected chi connectivity index (χ3v) is 4.45. The molecular weight excluding hydrogens is 398 g/mol. The zero-order valence-corrected chi connectivity index (χ0v) is 17.6. The van der Waals surface area contributed by atoms with Crippen molar-refractivity contribution in [1.29, 1.82) is 0 Å². The van der Waals surface area contributed by atoms with E-state index in [9.17, 15) is 9.59 Å². The molecule has 0 aliphatic carbocycles. The number of esters is 1. The fraction of sp³-hybridized carbons (Fsp3) is 0.250.